The van der Waals surface area contributed by atoms with Crippen LogP contribution < -0.4 is 9.62 Å². The van der Waals surface area contributed by atoms with Crippen LogP contribution in [0, 0.1) is 13.8 Å². The van der Waals surface area contributed by atoms with Crippen LogP contribution in [0.4, 0.5) is 5.69 Å². The maximum absolute atomic E-state index is 13.1. The van der Waals surface area contributed by atoms with E-state index in [0.29, 0.717) is 11.3 Å². The number of carbonyl (C=O) groups excluding carboxylic acids is 1. The Bertz CT molecular complexity index is 1160. The lowest BCUT2D eigenvalue weighted by Gasteiger charge is -2.21. The number of para-hydroxylation sites is 1. The molecule has 5 nitrogen and oxygen atoms in total. The minimum Gasteiger partial charge on any atom is -0.346 e. The van der Waals surface area contributed by atoms with E-state index in [1.165, 1.54) is 23.5 Å². The first-order valence-electron chi connectivity index (χ1n) is 9.72. The Kier molecular flexibility index (Phi) is 6.27. The quantitative estimate of drug-likeness (QED) is 0.630. The molecule has 3 rings (SSSR count). The average molecular weight is 423 g/mol. The summed E-state index contributed by atoms with van der Waals surface area (Å²) in [4.78, 5) is 12.8. The molecule has 3 aromatic carbocycles. The number of nitrogens with one attached hydrogen (secondary N) is 1. The molecule has 30 heavy (non-hydrogen) atoms. The predicted molar refractivity (Wildman–Crippen MR) is 120 cm³/mol. The van der Waals surface area contributed by atoms with Crippen LogP contribution in [0.25, 0.3) is 0 Å². The molecule has 0 aromatic heterocycles. The first-order chi connectivity index (χ1) is 14.2. The standard InChI is InChI=1S/C24H26N2O3S/c1-17-12-14-20(15-13-17)19(3)25-24(27)21-9-7-10-22(16-21)30(28,29)26(4)23-11-6-5-8-18(23)2/h5-16,19H,1-4H3,(H,25,27)/t19-/m0/s1. The van der Waals surface area contributed by atoms with Crippen LogP contribution in [0.15, 0.2) is 77.7 Å². The van der Waals surface area contributed by atoms with E-state index >= 15 is 0 Å². The number of nitrogens with zero attached hydrogens (tertiary/aromatic N) is 1. The molecule has 0 fully saturated rings. The summed E-state index contributed by atoms with van der Waals surface area (Å²) >= 11 is 0. The van der Waals surface area contributed by atoms with E-state index in [1.54, 1.807) is 24.3 Å². The Morgan fingerprint density at radius 1 is 0.933 bits per heavy atom. The highest BCUT2D eigenvalue weighted by Crippen LogP contribution is 2.25. The van der Waals surface area contributed by atoms with Gasteiger partial charge in [-0.1, -0.05) is 54.1 Å². The summed E-state index contributed by atoms with van der Waals surface area (Å²) in [5, 5.41) is 2.93. The summed E-state index contributed by atoms with van der Waals surface area (Å²) in [5.41, 5.74) is 3.88. The minimum absolute atomic E-state index is 0.0730. The average Bonchev–Trinajstić information content (AvgIpc) is 2.74. The van der Waals surface area contributed by atoms with Gasteiger partial charge in [0.1, 0.15) is 0 Å². The molecule has 1 amide bonds. The van der Waals surface area contributed by atoms with Crippen LogP contribution >= 0.6 is 0 Å². The van der Waals surface area contributed by atoms with E-state index in [0.717, 1.165) is 16.7 Å². The molecule has 0 saturated carbocycles. The molecule has 1 atom stereocenters. The fourth-order valence-electron chi connectivity index (χ4n) is 3.22. The summed E-state index contributed by atoms with van der Waals surface area (Å²) in [6.45, 7) is 5.76. The van der Waals surface area contributed by atoms with Gasteiger partial charge in [0.2, 0.25) is 0 Å². The SMILES string of the molecule is Cc1ccc([C@H](C)NC(=O)c2cccc(S(=O)(=O)N(C)c3ccccc3C)c2)cc1. The summed E-state index contributed by atoms with van der Waals surface area (Å²) in [7, 11) is -2.28. The monoisotopic (exact) mass is 422 g/mol. The Labute approximate surface area is 178 Å². The number of hydrogen-bond acceptors (Lipinski definition) is 3. The zero-order valence-corrected chi connectivity index (χ0v) is 18.4. The Balaban J connectivity index is 1.83. The van der Waals surface area contributed by atoms with Crippen LogP contribution in [0.2, 0.25) is 0 Å². The number of amides is 1. The van der Waals surface area contributed by atoms with Gasteiger partial charge in [0.05, 0.1) is 16.6 Å². The van der Waals surface area contributed by atoms with Crippen LogP contribution in [0.3, 0.4) is 0 Å². The third kappa shape index (κ3) is 4.54. The van der Waals surface area contributed by atoms with Gasteiger partial charge >= 0.3 is 0 Å². The smallest absolute Gasteiger partial charge is 0.264 e. The molecule has 6 heteroatoms. The summed E-state index contributed by atoms with van der Waals surface area (Å²) in [5.74, 6) is -0.321. The van der Waals surface area contributed by atoms with E-state index in [2.05, 4.69) is 5.32 Å². The third-order valence-electron chi connectivity index (χ3n) is 5.13. The largest absolute Gasteiger partial charge is 0.346 e. The highest BCUT2D eigenvalue weighted by Gasteiger charge is 2.23. The Morgan fingerprint density at radius 2 is 1.60 bits per heavy atom. The zero-order valence-electron chi connectivity index (χ0n) is 17.6. The highest BCUT2D eigenvalue weighted by molar-refractivity contribution is 7.92. The molecule has 0 aliphatic heterocycles. The van der Waals surface area contributed by atoms with Gasteiger partial charge in [-0.25, -0.2) is 8.42 Å². The topological polar surface area (TPSA) is 66.5 Å². The number of carbonyl (C=O) groups is 1. The number of hydrogen-bond donors (Lipinski definition) is 1. The lowest BCUT2D eigenvalue weighted by Crippen LogP contribution is -2.29. The van der Waals surface area contributed by atoms with Crippen molar-refractivity contribution in [2.75, 3.05) is 11.4 Å². The van der Waals surface area contributed by atoms with Crippen LogP contribution in [-0.4, -0.2) is 21.4 Å². The molecule has 0 radical (unpaired) electrons. The maximum atomic E-state index is 13.1. The first-order valence-corrected chi connectivity index (χ1v) is 11.2. The van der Waals surface area contributed by atoms with Gasteiger partial charge in [0.25, 0.3) is 15.9 Å². The fraction of sp³-hybridized carbons (Fsp3) is 0.208. The van der Waals surface area contributed by atoms with E-state index in [4.69, 9.17) is 0 Å². The van der Waals surface area contributed by atoms with Crippen molar-refractivity contribution >= 4 is 21.6 Å². The molecule has 0 bridgehead atoms. The molecule has 0 heterocycles. The lowest BCUT2D eigenvalue weighted by molar-refractivity contribution is 0.0939. The van der Waals surface area contributed by atoms with Crippen LogP contribution in [-0.2, 0) is 10.0 Å². The van der Waals surface area contributed by atoms with Gasteiger partial charge in [-0.05, 0) is 56.2 Å². The fourth-order valence-corrected chi connectivity index (χ4v) is 4.53. The normalized spacial score (nSPS) is 12.3. The van der Waals surface area contributed by atoms with Gasteiger partial charge in [0, 0.05) is 12.6 Å². The molecule has 0 spiro atoms. The van der Waals surface area contributed by atoms with E-state index in [-0.39, 0.29) is 16.8 Å². The molecular weight excluding hydrogens is 396 g/mol. The van der Waals surface area contributed by atoms with Gasteiger partial charge < -0.3 is 5.32 Å². The van der Waals surface area contributed by atoms with Gasteiger partial charge in [-0.15, -0.1) is 0 Å². The van der Waals surface area contributed by atoms with Gasteiger partial charge in [-0.2, -0.15) is 0 Å². The summed E-state index contributed by atoms with van der Waals surface area (Å²) in [6.07, 6.45) is 0. The summed E-state index contributed by atoms with van der Waals surface area (Å²) in [6, 6.07) is 21.1. The Hall–Kier alpha value is -3.12. The first kappa shape index (κ1) is 21.6. The van der Waals surface area contributed by atoms with Crippen molar-refractivity contribution in [3.8, 4) is 0 Å². The molecule has 0 unspecified atom stereocenters. The van der Waals surface area contributed by atoms with Crippen molar-refractivity contribution in [2.45, 2.75) is 31.7 Å². The van der Waals surface area contributed by atoms with Gasteiger partial charge in [0.15, 0.2) is 0 Å². The molecule has 1 N–H and O–H groups in total. The highest BCUT2D eigenvalue weighted by atomic mass is 32.2. The van der Waals surface area contributed by atoms with Crippen molar-refractivity contribution in [1.29, 1.82) is 0 Å². The van der Waals surface area contributed by atoms with E-state index in [9.17, 15) is 13.2 Å². The van der Waals surface area contributed by atoms with Crippen LogP contribution in [0.1, 0.15) is 40.0 Å². The second-order valence-electron chi connectivity index (χ2n) is 7.39. The maximum Gasteiger partial charge on any atom is 0.264 e. The number of benzene rings is 3. The minimum atomic E-state index is -3.80. The molecular formula is C24H26N2O3S. The zero-order chi connectivity index (χ0) is 21.9. The molecule has 0 aliphatic carbocycles. The predicted octanol–water partition coefficient (Wildman–Crippen LogP) is 4.62. The number of rotatable bonds is 6. The van der Waals surface area contributed by atoms with E-state index in [1.807, 2.05) is 57.2 Å². The van der Waals surface area contributed by atoms with Crippen molar-refractivity contribution in [3.63, 3.8) is 0 Å². The van der Waals surface area contributed by atoms with Crippen molar-refractivity contribution < 1.29 is 13.2 Å². The lowest BCUT2D eigenvalue weighted by atomic mass is 10.1. The number of aryl methyl sites for hydroxylation is 2. The number of anilines is 1. The molecule has 0 saturated heterocycles. The molecule has 156 valence electrons. The van der Waals surface area contributed by atoms with Crippen molar-refractivity contribution in [3.05, 3.63) is 95.1 Å². The van der Waals surface area contributed by atoms with Crippen molar-refractivity contribution in [2.24, 2.45) is 0 Å². The summed E-state index contributed by atoms with van der Waals surface area (Å²) < 4.78 is 27.5. The second-order valence-corrected chi connectivity index (χ2v) is 9.36. The molecule has 3 aromatic rings. The van der Waals surface area contributed by atoms with E-state index < -0.39 is 10.0 Å². The molecule has 0 aliphatic rings. The van der Waals surface area contributed by atoms with Gasteiger partial charge in [-0.3, -0.25) is 9.10 Å². The second kappa shape index (κ2) is 8.71. The van der Waals surface area contributed by atoms with Crippen molar-refractivity contribution in [1.82, 2.24) is 5.32 Å². The van der Waals surface area contributed by atoms with Crippen LogP contribution in [0.5, 0.6) is 0 Å². The Morgan fingerprint density at radius 3 is 2.27 bits per heavy atom. The third-order valence-corrected chi connectivity index (χ3v) is 6.90. The number of sulfonamides is 1.